The average molecular weight is 282 g/mol. The van der Waals surface area contributed by atoms with Crippen molar-refractivity contribution in [2.75, 3.05) is 6.54 Å². The third-order valence-corrected chi connectivity index (χ3v) is 3.52. The molecule has 0 unspecified atom stereocenters. The molecular weight excluding hydrogens is 267 g/mol. The molecule has 1 aromatic carbocycles. The largest absolute Gasteiger partial charge is 0.388 e. The Hall–Kier alpha value is -2.02. The van der Waals surface area contributed by atoms with Gasteiger partial charge in [0.1, 0.15) is 0 Å². The van der Waals surface area contributed by atoms with Crippen molar-refractivity contribution >= 4 is 11.6 Å². The van der Waals surface area contributed by atoms with E-state index in [0.29, 0.717) is 12.8 Å². The zero-order chi connectivity index (χ0) is 14.8. The lowest BCUT2D eigenvalue weighted by molar-refractivity contribution is -0.387. The van der Waals surface area contributed by atoms with Crippen LogP contribution in [0, 0.1) is 15.9 Å². The van der Waals surface area contributed by atoms with Gasteiger partial charge >= 0.3 is 5.69 Å². The van der Waals surface area contributed by atoms with Crippen LogP contribution in [0.25, 0.3) is 0 Å². The number of aliphatic hydroxyl groups is 1. The third kappa shape index (κ3) is 3.11. The lowest BCUT2D eigenvalue weighted by Gasteiger charge is -2.22. The van der Waals surface area contributed by atoms with E-state index in [9.17, 15) is 24.4 Å². The smallest absolute Gasteiger partial charge is 0.305 e. The Kier molecular flexibility index (Phi) is 3.99. The van der Waals surface area contributed by atoms with Gasteiger partial charge in [-0.2, -0.15) is 4.39 Å². The number of carbonyl (C=O) groups excluding carboxylic acids is 1. The summed E-state index contributed by atoms with van der Waals surface area (Å²) in [4.78, 5) is 21.6. The van der Waals surface area contributed by atoms with Crippen molar-refractivity contribution in [1.29, 1.82) is 0 Å². The lowest BCUT2D eigenvalue weighted by Crippen LogP contribution is -2.40. The van der Waals surface area contributed by atoms with E-state index in [1.165, 1.54) is 6.07 Å². The van der Waals surface area contributed by atoms with Gasteiger partial charge in [0.05, 0.1) is 10.5 Å². The maximum atomic E-state index is 13.2. The minimum Gasteiger partial charge on any atom is -0.388 e. The van der Waals surface area contributed by atoms with Crippen LogP contribution in [0.3, 0.4) is 0 Å². The number of halogens is 1. The van der Waals surface area contributed by atoms with Gasteiger partial charge in [0.25, 0.3) is 5.91 Å². The molecule has 7 heteroatoms. The number of nitrogens with one attached hydrogen (secondary N) is 1. The molecule has 108 valence electrons. The number of amides is 1. The molecule has 2 N–H and O–H groups in total. The molecular formula is C13H15FN2O4. The average Bonchev–Trinajstić information content (AvgIpc) is 2.84. The summed E-state index contributed by atoms with van der Waals surface area (Å²) >= 11 is 0. The van der Waals surface area contributed by atoms with Crippen LogP contribution >= 0.6 is 0 Å². The summed E-state index contributed by atoms with van der Waals surface area (Å²) in [6.45, 7) is 0.0943. The number of carbonyl (C=O) groups is 1. The molecule has 0 saturated heterocycles. The molecule has 0 atom stereocenters. The van der Waals surface area contributed by atoms with E-state index in [0.717, 1.165) is 25.0 Å². The van der Waals surface area contributed by atoms with E-state index < -0.39 is 27.9 Å². The number of hydrogen-bond donors (Lipinski definition) is 2. The van der Waals surface area contributed by atoms with Crippen LogP contribution in [0.15, 0.2) is 18.2 Å². The fourth-order valence-corrected chi connectivity index (χ4v) is 2.35. The molecule has 0 radical (unpaired) electrons. The summed E-state index contributed by atoms with van der Waals surface area (Å²) in [6.07, 6.45) is 3.07. The van der Waals surface area contributed by atoms with Gasteiger partial charge in [-0.25, -0.2) is 0 Å². The predicted octanol–water partition coefficient (Wildman–Crippen LogP) is 1.77. The molecule has 1 saturated carbocycles. The molecule has 6 nitrogen and oxygen atoms in total. The molecule has 1 amide bonds. The molecule has 0 bridgehead atoms. The maximum absolute atomic E-state index is 13.2. The zero-order valence-electron chi connectivity index (χ0n) is 10.8. The van der Waals surface area contributed by atoms with Crippen molar-refractivity contribution in [3.8, 4) is 0 Å². The molecule has 0 spiro atoms. The standard InChI is InChI=1S/C13H15FN2O4/c14-10-4-3-9(7-11(10)16(19)20)12(17)15-8-13(18)5-1-2-6-13/h3-4,7,18H,1-2,5-6,8H2,(H,15,17). The van der Waals surface area contributed by atoms with E-state index in [-0.39, 0.29) is 12.1 Å². The van der Waals surface area contributed by atoms with Gasteiger partial charge in [0.2, 0.25) is 5.82 Å². The first-order valence-corrected chi connectivity index (χ1v) is 6.36. The van der Waals surface area contributed by atoms with Crippen molar-refractivity contribution in [3.63, 3.8) is 0 Å². The third-order valence-electron chi connectivity index (χ3n) is 3.52. The van der Waals surface area contributed by atoms with Crippen LogP contribution in [0.5, 0.6) is 0 Å². The van der Waals surface area contributed by atoms with E-state index in [1.807, 2.05) is 0 Å². The van der Waals surface area contributed by atoms with Crippen molar-refractivity contribution in [1.82, 2.24) is 5.32 Å². The lowest BCUT2D eigenvalue weighted by atomic mass is 10.0. The van der Waals surface area contributed by atoms with Crippen LogP contribution in [-0.4, -0.2) is 28.1 Å². The Bertz CT molecular complexity index is 541. The summed E-state index contributed by atoms with van der Waals surface area (Å²) in [5, 5.41) is 23.2. The number of hydrogen-bond acceptors (Lipinski definition) is 4. The minimum absolute atomic E-state index is 0.000281. The molecule has 0 aliphatic heterocycles. The quantitative estimate of drug-likeness (QED) is 0.650. The molecule has 0 heterocycles. The maximum Gasteiger partial charge on any atom is 0.305 e. The Morgan fingerprint density at radius 1 is 1.45 bits per heavy atom. The molecule has 1 aromatic rings. The highest BCUT2D eigenvalue weighted by Gasteiger charge is 2.31. The molecule has 2 rings (SSSR count). The number of benzene rings is 1. The second kappa shape index (κ2) is 5.54. The van der Waals surface area contributed by atoms with Crippen LogP contribution in [-0.2, 0) is 0 Å². The van der Waals surface area contributed by atoms with E-state index in [4.69, 9.17) is 0 Å². The summed E-state index contributed by atoms with van der Waals surface area (Å²) in [6, 6.07) is 2.96. The van der Waals surface area contributed by atoms with Crippen molar-refractivity contribution in [3.05, 3.63) is 39.7 Å². The first kappa shape index (κ1) is 14.4. The number of rotatable bonds is 4. The first-order valence-electron chi connectivity index (χ1n) is 6.36. The highest BCUT2D eigenvalue weighted by atomic mass is 19.1. The first-order chi connectivity index (χ1) is 9.41. The Labute approximate surface area is 114 Å². The second-order valence-corrected chi connectivity index (χ2v) is 5.04. The summed E-state index contributed by atoms with van der Waals surface area (Å²) in [5.74, 6) is -1.55. The fourth-order valence-electron chi connectivity index (χ4n) is 2.35. The Balaban J connectivity index is 2.06. The van der Waals surface area contributed by atoms with E-state index in [2.05, 4.69) is 5.32 Å². The van der Waals surface area contributed by atoms with E-state index >= 15 is 0 Å². The van der Waals surface area contributed by atoms with Crippen molar-refractivity contribution in [2.24, 2.45) is 0 Å². The van der Waals surface area contributed by atoms with Gasteiger partial charge in [-0.1, -0.05) is 12.8 Å². The van der Waals surface area contributed by atoms with Gasteiger partial charge < -0.3 is 10.4 Å². The topological polar surface area (TPSA) is 92.5 Å². The highest BCUT2D eigenvalue weighted by molar-refractivity contribution is 5.94. The Morgan fingerprint density at radius 2 is 2.10 bits per heavy atom. The number of nitro groups is 1. The molecule has 1 aliphatic rings. The normalized spacial score (nSPS) is 16.9. The number of nitrogens with zero attached hydrogens (tertiary/aromatic N) is 1. The van der Waals surface area contributed by atoms with Gasteiger partial charge in [-0.05, 0) is 25.0 Å². The van der Waals surface area contributed by atoms with Crippen molar-refractivity contribution in [2.45, 2.75) is 31.3 Å². The van der Waals surface area contributed by atoms with Crippen LogP contribution in [0.4, 0.5) is 10.1 Å². The van der Waals surface area contributed by atoms with Crippen LogP contribution in [0.2, 0.25) is 0 Å². The fraction of sp³-hybridized carbons (Fsp3) is 0.462. The zero-order valence-corrected chi connectivity index (χ0v) is 10.8. The van der Waals surface area contributed by atoms with Gasteiger partial charge in [0, 0.05) is 18.2 Å². The second-order valence-electron chi connectivity index (χ2n) is 5.04. The summed E-state index contributed by atoms with van der Waals surface area (Å²) in [5.41, 5.74) is -1.64. The molecule has 1 aliphatic carbocycles. The minimum atomic E-state index is -0.985. The monoisotopic (exact) mass is 282 g/mol. The number of nitro benzene ring substituents is 1. The predicted molar refractivity (Wildman–Crippen MR) is 68.8 cm³/mol. The van der Waals surface area contributed by atoms with Gasteiger partial charge in [-0.15, -0.1) is 0 Å². The van der Waals surface area contributed by atoms with Crippen LogP contribution in [0.1, 0.15) is 36.0 Å². The van der Waals surface area contributed by atoms with Crippen LogP contribution < -0.4 is 5.32 Å². The molecule has 0 aromatic heterocycles. The Morgan fingerprint density at radius 3 is 2.70 bits per heavy atom. The van der Waals surface area contributed by atoms with Gasteiger partial charge in [-0.3, -0.25) is 14.9 Å². The highest BCUT2D eigenvalue weighted by Crippen LogP contribution is 2.28. The summed E-state index contributed by atoms with van der Waals surface area (Å²) < 4.78 is 13.2. The molecule has 20 heavy (non-hydrogen) atoms. The van der Waals surface area contributed by atoms with Crippen molar-refractivity contribution < 1.29 is 19.2 Å². The SMILES string of the molecule is O=C(NCC1(O)CCCC1)c1ccc(F)c([N+](=O)[O-])c1. The van der Waals surface area contributed by atoms with E-state index in [1.54, 1.807) is 0 Å². The van der Waals surface area contributed by atoms with Gasteiger partial charge in [0.15, 0.2) is 0 Å². The molecule has 1 fully saturated rings. The summed E-state index contributed by atoms with van der Waals surface area (Å²) in [7, 11) is 0.